The molecule has 1 aliphatic heterocycles. The molecule has 27 heavy (non-hydrogen) atoms. The second-order valence-electron chi connectivity index (χ2n) is 7.30. The number of rotatable bonds is 4. The number of nitrogens with zero attached hydrogens (tertiary/aromatic N) is 1. The van der Waals surface area contributed by atoms with Crippen molar-refractivity contribution in [3.8, 4) is 0 Å². The molecular formula is C21H26N2O3S. The number of benzene rings is 2. The van der Waals surface area contributed by atoms with Crippen LogP contribution in [-0.2, 0) is 14.8 Å². The number of anilines is 1. The summed E-state index contributed by atoms with van der Waals surface area (Å²) in [6, 6.07) is 12.6. The SMILES string of the molecule is Cc1ccc(S(=O)(=O)N2CCC[C@H](C(=O)Nc3ccc(C)c(C)c3)C2)cc1. The zero-order valence-corrected chi connectivity index (χ0v) is 16.8. The fraction of sp³-hybridized carbons (Fsp3) is 0.381. The Morgan fingerprint density at radius 3 is 2.41 bits per heavy atom. The monoisotopic (exact) mass is 386 g/mol. The van der Waals surface area contributed by atoms with E-state index >= 15 is 0 Å². The van der Waals surface area contributed by atoms with Gasteiger partial charge >= 0.3 is 0 Å². The van der Waals surface area contributed by atoms with E-state index in [4.69, 9.17) is 0 Å². The van der Waals surface area contributed by atoms with Crippen molar-refractivity contribution in [3.63, 3.8) is 0 Å². The Hall–Kier alpha value is -2.18. The van der Waals surface area contributed by atoms with Gasteiger partial charge in [-0.2, -0.15) is 4.31 Å². The predicted octanol–water partition coefficient (Wildman–Crippen LogP) is 3.65. The van der Waals surface area contributed by atoms with Crippen molar-refractivity contribution in [2.45, 2.75) is 38.5 Å². The van der Waals surface area contributed by atoms with Gasteiger partial charge in [-0.15, -0.1) is 0 Å². The van der Waals surface area contributed by atoms with Crippen molar-refractivity contribution in [2.24, 2.45) is 5.92 Å². The van der Waals surface area contributed by atoms with E-state index in [0.29, 0.717) is 19.4 Å². The van der Waals surface area contributed by atoms with Gasteiger partial charge in [0.2, 0.25) is 15.9 Å². The molecule has 0 aromatic heterocycles. The third kappa shape index (κ3) is 4.39. The maximum Gasteiger partial charge on any atom is 0.243 e. The predicted molar refractivity (Wildman–Crippen MR) is 107 cm³/mol. The number of sulfonamides is 1. The summed E-state index contributed by atoms with van der Waals surface area (Å²) in [7, 11) is -3.58. The van der Waals surface area contributed by atoms with Crippen LogP contribution in [0.15, 0.2) is 47.4 Å². The van der Waals surface area contributed by atoms with Crippen molar-refractivity contribution in [3.05, 3.63) is 59.2 Å². The number of hydrogen-bond donors (Lipinski definition) is 1. The van der Waals surface area contributed by atoms with Gasteiger partial charge < -0.3 is 5.32 Å². The summed E-state index contributed by atoms with van der Waals surface area (Å²) >= 11 is 0. The first kappa shape index (κ1) is 19.6. The van der Waals surface area contributed by atoms with Crippen LogP contribution in [0.3, 0.4) is 0 Å². The van der Waals surface area contributed by atoms with Crippen molar-refractivity contribution in [1.82, 2.24) is 4.31 Å². The van der Waals surface area contributed by atoms with Gasteiger partial charge in [-0.25, -0.2) is 8.42 Å². The second-order valence-corrected chi connectivity index (χ2v) is 9.24. The lowest BCUT2D eigenvalue weighted by atomic mass is 9.98. The van der Waals surface area contributed by atoms with Crippen LogP contribution in [0.2, 0.25) is 0 Å². The number of carbonyl (C=O) groups is 1. The van der Waals surface area contributed by atoms with Gasteiger partial charge in [0.25, 0.3) is 0 Å². The third-order valence-corrected chi connectivity index (χ3v) is 7.07. The largest absolute Gasteiger partial charge is 0.326 e. The molecule has 0 radical (unpaired) electrons. The van der Waals surface area contributed by atoms with Crippen LogP contribution in [0, 0.1) is 26.7 Å². The minimum Gasteiger partial charge on any atom is -0.326 e. The molecule has 0 saturated carbocycles. The lowest BCUT2D eigenvalue weighted by molar-refractivity contribution is -0.120. The van der Waals surface area contributed by atoms with Crippen LogP contribution in [-0.4, -0.2) is 31.7 Å². The maximum absolute atomic E-state index is 12.9. The summed E-state index contributed by atoms with van der Waals surface area (Å²) in [4.78, 5) is 13.0. The second kappa shape index (κ2) is 7.82. The van der Waals surface area contributed by atoms with Gasteiger partial charge in [0.15, 0.2) is 0 Å². The third-order valence-electron chi connectivity index (χ3n) is 5.19. The van der Waals surface area contributed by atoms with E-state index in [1.54, 1.807) is 24.3 Å². The maximum atomic E-state index is 12.9. The molecule has 1 amide bonds. The Labute approximate surface area is 161 Å². The summed E-state index contributed by atoms with van der Waals surface area (Å²) < 4.78 is 27.2. The Morgan fingerprint density at radius 2 is 1.74 bits per heavy atom. The zero-order chi connectivity index (χ0) is 19.6. The highest BCUT2D eigenvalue weighted by Crippen LogP contribution is 2.25. The molecule has 1 atom stereocenters. The molecule has 1 fully saturated rings. The first-order chi connectivity index (χ1) is 12.8. The molecule has 1 aliphatic rings. The molecule has 0 bridgehead atoms. The molecule has 144 valence electrons. The lowest BCUT2D eigenvalue weighted by Gasteiger charge is -2.31. The molecule has 1 N–H and O–H groups in total. The average molecular weight is 387 g/mol. The standard InChI is InChI=1S/C21H26N2O3S/c1-15-6-10-20(11-7-15)27(25,26)23-12-4-5-18(14-23)21(24)22-19-9-8-16(2)17(3)13-19/h6-11,13,18H,4-5,12,14H2,1-3H3,(H,22,24)/t18-/m0/s1. The van der Waals surface area contributed by atoms with E-state index in [0.717, 1.165) is 16.8 Å². The number of amides is 1. The number of carbonyl (C=O) groups excluding carboxylic acids is 1. The minimum absolute atomic E-state index is 0.123. The van der Waals surface area contributed by atoms with Crippen LogP contribution in [0.5, 0.6) is 0 Å². The molecule has 1 saturated heterocycles. The van der Waals surface area contributed by atoms with Crippen LogP contribution >= 0.6 is 0 Å². The number of hydrogen-bond acceptors (Lipinski definition) is 3. The summed E-state index contributed by atoms with van der Waals surface area (Å²) in [5.41, 5.74) is 4.04. The van der Waals surface area contributed by atoms with E-state index in [-0.39, 0.29) is 23.3 Å². The van der Waals surface area contributed by atoms with Gasteiger partial charge in [0, 0.05) is 18.8 Å². The fourth-order valence-electron chi connectivity index (χ4n) is 3.30. The average Bonchev–Trinajstić information content (AvgIpc) is 2.65. The first-order valence-electron chi connectivity index (χ1n) is 9.22. The summed E-state index contributed by atoms with van der Waals surface area (Å²) in [5.74, 6) is -0.470. The molecule has 1 heterocycles. The molecule has 0 aliphatic carbocycles. The van der Waals surface area contributed by atoms with Crippen molar-refractivity contribution < 1.29 is 13.2 Å². The lowest BCUT2D eigenvalue weighted by Crippen LogP contribution is -2.43. The van der Waals surface area contributed by atoms with Gasteiger partial charge in [-0.05, 0) is 69.0 Å². The first-order valence-corrected chi connectivity index (χ1v) is 10.7. The number of piperidine rings is 1. The van der Waals surface area contributed by atoms with Gasteiger partial charge in [0.1, 0.15) is 0 Å². The van der Waals surface area contributed by atoms with E-state index in [2.05, 4.69) is 5.32 Å². The highest BCUT2D eigenvalue weighted by molar-refractivity contribution is 7.89. The molecule has 3 rings (SSSR count). The van der Waals surface area contributed by atoms with Crippen molar-refractivity contribution in [2.75, 3.05) is 18.4 Å². The van der Waals surface area contributed by atoms with E-state index in [1.165, 1.54) is 9.87 Å². The Bertz CT molecular complexity index is 936. The Morgan fingerprint density at radius 1 is 1.04 bits per heavy atom. The molecule has 5 nitrogen and oxygen atoms in total. The molecule has 0 spiro atoms. The van der Waals surface area contributed by atoms with Crippen LogP contribution in [0.1, 0.15) is 29.5 Å². The van der Waals surface area contributed by atoms with Crippen LogP contribution in [0.25, 0.3) is 0 Å². The summed E-state index contributed by atoms with van der Waals surface area (Å²) in [6.45, 7) is 6.61. The number of aryl methyl sites for hydroxylation is 3. The van der Waals surface area contributed by atoms with Crippen LogP contribution in [0.4, 0.5) is 5.69 Å². The molecule has 0 unspecified atom stereocenters. The van der Waals surface area contributed by atoms with E-state index < -0.39 is 10.0 Å². The van der Waals surface area contributed by atoms with Gasteiger partial charge in [-0.1, -0.05) is 23.8 Å². The van der Waals surface area contributed by atoms with Gasteiger partial charge in [0.05, 0.1) is 10.8 Å². The highest BCUT2D eigenvalue weighted by Gasteiger charge is 2.33. The smallest absolute Gasteiger partial charge is 0.243 e. The molecule has 2 aromatic carbocycles. The quantitative estimate of drug-likeness (QED) is 0.872. The molecular weight excluding hydrogens is 360 g/mol. The van der Waals surface area contributed by atoms with Gasteiger partial charge in [-0.3, -0.25) is 4.79 Å². The van der Waals surface area contributed by atoms with E-state index in [9.17, 15) is 13.2 Å². The van der Waals surface area contributed by atoms with Crippen molar-refractivity contribution in [1.29, 1.82) is 0 Å². The topological polar surface area (TPSA) is 66.5 Å². The van der Waals surface area contributed by atoms with E-state index in [1.807, 2.05) is 39.0 Å². The fourth-order valence-corrected chi connectivity index (χ4v) is 4.82. The number of nitrogens with one attached hydrogen (secondary N) is 1. The normalized spacial score (nSPS) is 18.3. The highest BCUT2D eigenvalue weighted by atomic mass is 32.2. The Balaban J connectivity index is 1.72. The molecule has 2 aromatic rings. The molecule has 6 heteroatoms. The summed E-state index contributed by atoms with van der Waals surface area (Å²) in [5, 5.41) is 2.94. The zero-order valence-electron chi connectivity index (χ0n) is 16.0. The Kier molecular flexibility index (Phi) is 5.67. The minimum atomic E-state index is -3.58. The van der Waals surface area contributed by atoms with Crippen LogP contribution < -0.4 is 5.32 Å². The summed E-state index contributed by atoms with van der Waals surface area (Å²) in [6.07, 6.45) is 1.37. The van der Waals surface area contributed by atoms with Crippen molar-refractivity contribution >= 4 is 21.6 Å².